The number of cyclic esters (lactones) is 1. The molecular weight excluding hydrogens is 1050 g/mol. The Morgan fingerprint density at radius 2 is 1.12 bits per heavy atom. The molecule has 4 heterocycles. The fourth-order valence-electron chi connectivity index (χ4n) is 10.7. The molecule has 7 amide bonds. The van der Waals surface area contributed by atoms with Gasteiger partial charge in [-0.05, 0) is 68.1 Å². The third kappa shape index (κ3) is 14.7. The summed E-state index contributed by atoms with van der Waals surface area (Å²) >= 11 is 2.78. The van der Waals surface area contributed by atoms with Gasteiger partial charge in [-0.3, -0.25) is 48.3 Å². The Hall–Kier alpha value is -6.54. The van der Waals surface area contributed by atoms with Gasteiger partial charge in [0.2, 0.25) is 35.4 Å². The average molecular weight is 1130 g/mol. The van der Waals surface area contributed by atoms with Crippen molar-refractivity contribution in [1.29, 1.82) is 0 Å². The third-order valence-electron chi connectivity index (χ3n) is 15.7. The largest absolute Gasteiger partial charge is 0.452 e. The second-order valence-corrected chi connectivity index (χ2v) is 24.2. The standard InChI is InChI=1S/C60H79N9O9S2/c1-11-42-54-64-44(34-79-54)56(73)66(8)46(30-39-22-15-12-16-23-39)52(71)65-49(35(2)3)53(72)61-38(7)37(6)60(77)78-48(32-41-26-19-14-20-27-41)58(75)68(10)50(36(4)5)59(76)69-29-21-28-45(69)57(74)67(9)47(31-40-24-17-13-18-25-40)55-63-43(33-80-55)51(70)62-42/h12-20,22-27,35-38,42-50H,11,21,28-34H2,1-10H3,(H,61,72)(H,62,70)(H,65,71). The normalized spacial score (nSPS) is 28.5. The molecule has 4 aliphatic rings. The van der Waals surface area contributed by atoms with Crippen LogP contribution < -0.4 is 16.0 Å². The molecule has 20 heteroatoms. The number of thioether (sulfide) groups is 2. The number of nitrogens with zero attached hydrogens (tertiary/aromatic N) is 6. The quantitative estimate of drug-likeness (QED) is 0.243. The fraction of sp³-hybridized carbons (Fsp3) is 0.533. The molecule has 0 aliphatic carbocycles. The number of esters is 1. The molecule has 11 atom stereocenters. The maximum atomic E-state index is 15.0. The molecule has 0 saturated carbocycles. The number of hydrogen-bond donors (Lipinski definition) is 3. The van der Waals surface area contributed by atoms with Gasteiger partial charge < -0.3 is 40.3 Å². The topological polar surface area (TPSA) is 220 Å². The Morgan fingerprint density at radius 3 is 1.70 bits per heavy atom. The number of carbonyl (C=O) groups excluding carboxylic acids is 8. The highest BCUT2D eigenvalue weighted by Gasteiger charge is 2.46. The van der Waals surface area contributed by atoms with Gasteiger partial charge in [0.05, 0.1) is 28.1 Å². The number of ether oxygens (including phenoxy) is 1. The van der Waals surface area contributed by atoms with Crippen LogP contribution in [0.2, 0.25) is 0 Å². The van der Waals surface area contributed by atoms with Crippen molar-refractivity contribution in [3.8, 4) is 0 Å². The van der Waals surface area contributed by atoms with Crippen molar-refractivity contribution in [3.05, 3.63) is 108 Å². The molecule has 0 aromatic heterocycles. The zero-order valence-electron chi connectivity index (χ0n) is 47.7. The summed E-state index contributed by atoms with van der Waals surface area (Å²) in [5.41, 5.74) is 2.44. The van der Waals surface area contributed by atoms with Crippen LogP contribution in [-0.2, 0) is 62.4 Å². The first-order valence-corrected chi connectivity index (χ1v) is 29.9. The van der Waals surface area contributed by atoms with Crippen molar-refractivity contribution in [2.24, 2.45) is 27.7 Å². The smallest absolute Gasteiger partial charge is 0.311 e. The molecule has 80 heavy (non-hydrogen) atoms. The van der Waals surface area contributed by atoms with E-state index < -0.39 is 114 Å². The minimum atomic E-state index is -1.38. The lowest BCUT2D eigenvalue weighted by atomic mass is 9.98. The van der Waals surface area contributed by atoms with E-state index in [1.54, 1.807) is 51.6 Å². The molecule has 11 unspecified atom stereocenters. The van der Waals surface area contributed by atoms with Crippen LogP contribution >= 0.6 is 23.5 Å². The van der Waals surface area contributed by atoms with E-state index in [4.69, 9.17) is 14.7 Å². The maximum Gasteiger partial charge on any atom is 0.311 e. The molecule has 430 valence electrons. The second-order valence-electron chi connectivity index (χ2n) is 22.1. The summed E-state index contributed by atoms with van der Waals surface area (Å²) in [6.07, 6.45) is 0.540. The molecule has 3 aromatic rings. The van der Waals surface area contributed by atoms with E-state index in [0.29, 0.717) is 47.1 Å². The summed E-state index contributed by atoms with van der Waals surface area (Å²) in [5.74, 6) is -5.21. The van der Waals surface area contributed by atoms with Gasteiger partial charge in [-0.2, -0.15) is 0 Å². The van der Waals surface area contributed by atoms with Crippen LogP contribution in [0, 0.1) is 17.8 Å². The number of rotatable bonds is 9. The van der Waals surface area contributed by atoms with Crippen molar-refractivity contribution in [1.82, 2.24) is 35.6 Å². The van der Waals surface area contributed by atoms with Crippen molar-refractivity contribution >= 4 is 80.9 Å². The molecular formula is C60H79N9O9S2. The summed E-state index contributed by atoms with van der Waals surface area (Å²) in [4.78, 5) is 133. The van der Waals surface area contributed by atoms with E-state index in [2.05, 4.69) is 16.0 Å². The van der Waals surface area contributed by atoms with E-state index in [0.717, 1.165) is 11.1 Å². The van der Waals surface area contributed by atoms with E-state index in [9.17, 15) is 33.6 Å². The first-order valence-electron chi connectivity index (χ1n) is 27.9. The van der Waals surface area contributed by atoms with Crippen LogP contribution in [0.25, 0.3) is 0 Å². The van der Waals surface area contributed by atoms with E-state index in [1.165, 1.54) is 40.4 Å². The lowest BCUT2D eigenvalue weighted by molar-refractivity contribution is -0.166. The van der Waals surface area contributed by atoms with Crippen LogP contribution in [0.1, 0.15) is 84.4 Å². The van der Waals surface area contributed by atoms with Crippen molar-refractivity contribution in [2.45, 2.75) is 147 Å². The molecule has 1 fully saturated rings. The minimum Gasteiger partial charge on any atom is -0.452 e. The molecule has 1 saturated heterocycles. The highest BCUT2D eigenvalue weighted by atomic mass is 32.2. The number of amides is 7. The highest BCUT2D eigenvalue weighted by molar-refractivity contribution is 8.14. The SMILES string of the molecule is CCC1NC(=O)C2CSC(=N2)C(Cc2ccccc2)N(C)C(=O)C2CCCN2C(=O)C(C(C)C)N(C)C(=O)C(Cc2ccccc2)OC(=O)C(C)C(C)NC(=O)C(C(C)C)NC(=O)C(Cc2ccccc2)N(C)C(=O)C2CSC1=N2. The van der Waals surface area contributed by atoms with Gasteiger partial charge in [0.25, 0.3) is 5.91 Å². The second kappa shape index (κ2) is 27.8. The number of hydrogen-bond acceptors (Lipinski definition) is 13. The van der Waals surface area contributed by atoms with Crippen molar-refractivity contribution in [2.75, 3.05) is 39.2 Å². The number of carbonyl (C=O) groups is 8. The van der Waals surface area contributed by atoms with Gasteiger partial charge >= 0.3 is 5.97 Å². The van der Waals surface area contributed by atoms with Crippen LogP contribution in [0.5, 0.6) is 0 Å². The zero-order valence-corrected chi connectivity index (χ0v) is 49.3. The molecule has 18 nitrogen and oxygen atoms in total. The molecule has 3 aromatic carbocycles. The monoisotopic (exact) mass is 1130 g/mol. The first-order chi connectivity index (χ1) is 38.2. The molecule has 0 radical (unpaired) electrons. The van der Waals surface area contributed by atoms with E-state index in [1.807, 2.05) is 112 Å². The van der Waals surface area contributed by atoms with E-state index >= 15 is 4.79 Å². The molecule has 4 aliphatic heterocycles. The number of likely N-dealkylation sites (N-methyl/N-ethyl adjacent to an activating group) is 3. The summed E-state index contributed by atoms with van der Waals surface area (Å²) in [5, 5.41) is 10.2. The number of benzene rings is 3. The predicted molar refractivity (Wildman–Crippen MR) is 313 cm³/mol. The molecule has 0 spiro atoms. The van der Waals surface area contributed by atoms with Gasteiger partial charge in [0.1, 0.15) is 36.3 Å². The van der Waals surface area contributed by atoms with Crippen LogP contribution in [0.4, 0.5) is 0 Å². The average Bonchev–Trinajstić information content (AvgIpc) is 4.27. The Balaban J connectivity index is 1.25. The molecule has 7 rings (SSSR count). The Labute approximate surface area is 479 Å². The van der Waals surface area contributed by atoms with Crippen LogP contribution in [0.15, 0.2) is 101 Å². The first kappa shape index (κ1) is 61.1. The summed E-state index contributed by atoms with van der Waals surface area (Å²) in [6.45, 7) is 12.6. The summed E-state index contributed by atoms with van der Waals surface area (Å²) in [6, 6.07) is 20.4. The lowest BCUT2D eigenvalue weighted by Gasteiger charge is -2.38. The lowest BCUT2D eigenvalue weighted by Crippen LogP contribution is -2.59. The number of nitrogens with one attached hydrogen (secondary N) is 3. The Kier molecular flexibility index (Phi) is 21.2. The minimum absolute atomic E-state index is 0.0140. The van der Waals surface area contributed by atoms with Gasteiger partial charge in [-0.15, -0.1) is 23.5 Å². The zero-order chi connectivity index (χ0) is 57.9. The maximum absolute atomic E-state index is 15.0. The summed E-state index contributed by atoms with van der Waals surface area (Å²) in [7, 11) is 4.78. The predicted octanol–water partition coefficient (Wildman–Crippen LogP) is 4.97. The molecule has 3 N–H and O–H groups in total. The third-order valence-corrected chi connectivity index (χ3v) is 18.0. The van der Waals surface area contributed by atoms with Crippen molar-refractivity contribution < 1.29 is 43.1 Å². The summed E-state index contributed by atoms with van der Waals surface area (Å²) < 4.78 is 6.13. The van der Waals surface area contributed by atoms with Crippen LogP contribution in [0.3, 0.4) is 0 Å². The van der Waals surface area contributed by atoms with Crippen LogP contribution in [-0.4, -0.2) is 177 Å². The van der Waals surface area contributed by atoms with Gasteiger partial charge in [0, 0.05) is 58.1 Å². The molecule has 4 bridgehead atoms. The Bertz CT molecular complexity index is 2770. The Morgan fingerprint density at radius 1 is 0.588 bits per heavy atom. The van der Waals surface area contributed by atoms with Gasteiger partial charge in [0.15, 0.2) is 6.10 Å². The van der Waals surface area contributed by atoms with Crippen molar-refractivity contribution in [3.63, 3.8) is 0 Å². The highest BCUT2D eigenvalue weighted by Crippen LogP contribution is 2.31. The van der Waals surface area contributed by atoms with Gasteiger partial charge in [-0.1, -0.05) is 126 Å². The fourth-order valence-corrected chi connectivity index (χ4v) is 13.0. The van der Waals surface area contributed by atoms with Gasteiger partial charge in [-0.25, -0.2) is 0 Å². The van der Waals surface area contributed by atoms with E-state index in [-0.39, 0.29) is 37.0 Å². The number of aliphatic imine (C=N–C) groups is 2. The number of fused-ring (bicyclic) bond motifs is 3.